The van der Waals surface area contributed by atoms with E-state index in [1.54, 1.807) is 16.7 Å². The summed E-state index contributed by atoms with van der Waals surface area (Å²) in [4.78, 5) is 4.33. The number of rotatable bonds is 3. The van der Waals surface area contributed by atoms with Gasteiger partial charge < -0.3 is 19.5 Å². The minimum absolute atomic E-state index is 0.0711. The topological polar surface area (TPSA) is 91.4 Å². The summed E-state index contributed by atoms with van der Waals surface area (Å²) in [6, 6.07) is 14.8. The number of phenolic OH excluding ortho intramolecular Hbond substituents is 1. The number of phenols is 1. The summed E-state index contributed by atoms with van der Waals surface area (Å²) < 4.78 is 7.46. The number of aromatic hydroxyl groups is 1. The number of hydrogen-bond acceptors (Lipinski definition) is 5. The Bertz CT molecular complexity index is 983. The molecule has 2 aromatic carbocycles. The summed E-state index contributed by atoms with van der Waals surface area (Å²) in [6.07, 6.45) is 1.49. The predicted octanol–water partition coefficient (Wildman–Crippen LogP) is 2.35. The van der Waals surface area contributed by atoms with Gasteiger partial charge in [0.25, 0.3) is 0 Å². The monoisotopic (exact) mass is 335 g/mol. The van der Waals surface area contributed by atoms with Crippen LogP contribution in [0.4, 0.5) is 0 Å². The standard InChI is InChI=1S/C19H17N3O3/c20-18-17-16(12-4-2-1-3-5-12)14-7-6-13(24)10-15(14)25-19(17)21-11-22(18)8-9-23/h1-7,10-11,16,20,23-24H,8-9H2/t16-/m0/s1. The van der Waals surface area contributed by atoms with Gasteiger partial charge in [0.05, 0.1) is 12.2 Å². The molecule has 1 aliphatic rings. The second-order valence-electron chi connectivity index (χ2n) is 5.90. The van der Waals surface area contributed by atoms with Crippen LogP contribution >= 0.6 is 0 Å². The first-order chi connectivity index (χ1) is 12.2. The normalized spacial score (nSPS) is 15.2. The maximum absolute atomic E-state index is 9.79. The zero-order valence-corrected chi connectivity index (χ0v) is 13.4. The van der Waals surface area contributed by atoms with Gasteiger partial charge in [-0.3, -0.25) is 5.41 Å². The molecular weight excluding hydrogens is 318 g/mol. The van der Waals surface area contributed by atoms with Crippen molar-refractivity contribution in [3.8, 4) is 17.4 Å². The molecular formula is C19H17N3O3. The second kappa shape index (κ2) is 6.07. The van der Waals surface area contributed by atoms with Crippen LogP contribution in [0.25, 0.3) is 0 Å². The minimum Gasteiger partial charge on any atom is -0.508 e. The number of hydrogen-bond donors (Lipinski definition) is 3. The molecule has 0 unspecified atom stereocenters. The van der Waals surface area contributed by atoms with Gasteiger partial charge in [0.15, 0.2) is 0 Å². The largest absolute Gasteiger partial charge is 0.508 e. The molecule has 0 amide bonds. The molecule has 3 N–H and O–H groups in total. The van der Waals surface area contributed by atoms with E-state index in [9.17, 15) is 10.2 Å². The minimum atomic E-state index is -0.230. The Balaban J connectivity index is 1.99. The van der Waals surface area contributed by atoms with Crippen LogP contribution in [0.5, 0.6) is 17.4 Å². The van der Waals surface area contributed by atoms with Gasteiger partial charge in [-0.05, 0) is 11.6 Å². The van der Waals surface area contributed by atoms with Gasteiger partial charge in [-0.2, -0.15) is 0 Å². The van der Waals surface area contributed by atoms with E-state index in [0.29, 0.717) is 23.7 Å². The van der Waals surface area contributed by atoms with E-state index < -0.39 is 0 Å². The van der Waals surface area contributed by atoms with E-state index in [1.165, 1.54) is 6.33 Å². The zero-order valence-electron chi connectivity index (χ0n) is 13.4. The van der Waals surface area contributed by atoms with Crippen LogP contribution < -0.4 is 10.2 Å². The van der Waals surface area contributed by atoms with Crippen molar-refractivity contribution in [2.75, 3.05) is 6.61 Å². The molecule has 1 atom stereocenters. The van der Waals surface area contributed by atoms with Crippen molar-refractivity contribution in [3.63, 3.8) is 0 Å². The SMILES string of the molecule is N=c1c2c(ncn1CCO)Oc1cc(O)ccc1[C@@H]2c1ccccc1. The number of benzene rings is 2. The average Bonchev–Trinajstić information content (AvgIpc) is 2.63. The van der Waals surface area contributed by atoms with Crippen molar-refractivity contribution in [2.24, 2.45) is 0 Å². The molecule has 6 heteroatoms. The molecule has 6 nitrogen and oxygen atoms in total. The highest BCUT2D eigenvalue weighted by Crippen LogP contribution is 2.45. The van der Waals surface area contributed by atoms with Crippen molar-refractivity contribution in [1.29, 1.82) is 5.41 Å². The molecule has 1 aliphatic heterocycles. The van der Waals surface area contributed by atoms with Crippen molar-refractivity contribution >= 4 is 0 Å². The number of aromatic nitrogens is 2. The van der Waals surface area contributed by atoms with Crippen LogP contribution in [-0.4, -0.2) is 26.4 Å². The first kappa shape index (κ1) is 15.4. The molecule has 0 bridgehead atoms. The lowest BCUT2D eigenvalue weighted by atomic mass is 9.84. The van der Waals surface area contributed by atoms with Crippen molar-refractivity contribution < 1.29 is 14.9 Å². The first-order valence-electron chi connectivity index (χ1n) is 7.99. The molecule has 0 saturated carbocycles. The van der Waals surface area contributed by atoms with Gasteiger partial charge in [0.1, 0.15) is 23.3 Å². The van der Waals surface area contributed by atoms with E-state index in [2.05, 4.69) is 4.98 Å². The first-order valence-corrected chi connectivity index (χ1v) is 7.99. The molecule has 3 aromatic rings. The highest BCUT2D eigenvalue weighted by atomic mass is 16.5. The third kappa shape index (κ3) is 2.56. The van der Waals surface area contributed by atoms with Gasteiger partial charge in [0, 0.05) is 24.1 Å². The fourth-order valence-corrected chi connectivity index (χ4v) is 3.23. The summed E-state index contributed by atoms with van der Waals surface area (Å²) >= 11 is 0. The third-order valence-corrected chi connectivity index (χ3v) is 4.36. The Morgan fingerprint density at radius 2 is 1.96 bits per heavy atom. The second-order valence-corrected chi connectivity index (χ2v) is 5.90. The van der Waals surface area contributed by atoms with Crippen molar-refractivity contribution in [1.82, 2.24) is 9.55 Å². The van der Waals surface area contributed by atoms with Crippen LogP contribution in [0.3, 0.4) is 0 Å². The smallest absolute Gasteiger partial charge is 0.228 e. The summed E-state index contributed by atoms with van der Waals surface area (Å²) in [6.45, 7) is 0.224. The molecule has 126 valence electrons. The predicted molar refractivity (Wildman–Crippen MR) is 90.7 cm³/mol. The zero-order chi connectivity index (χ0) is 17.4. The van der Waals surface area contributed by atoms with Gasteiger partial charge in [-0.15, -0.1) is 0 Å². The number of aliphatic hydroxyl groups excluding tert-OH is 1. The van der Waals surface area contributed by atoms with E-state index in [1.807, 2.05) is 36.4 Å². The Kier molecular flexibility index (Phi) is 3.74. The maximum Gasteiger partial charge on any atom is 0.228 e. The number of ether oxygens (including phenoxy) is 1. The van der Waals surface area contributed by atoms with Crippen LogP contribution in [0.2, 0.25) is 0 Å². The highest BCUT2D eigenvalue weighted by molar-refractivity contribution is 5.57. The number of nitrogens with zero attached hydrogens (tertiary/aromatic N) is 2. The van der Waals surface area contributed by atoms with Crippen LogP contribution in [0, 0.1) is 5.41 Å². The Morgan fingerprint density at radius 1 is 1.16 bits per heavy atom. The average molecular weight is 335 g/mol. The molecule has 0 fully saturated rings. The van der Waals surface area contributed by atoms with E-state index in [0.717, 1.165) is 11.1 Å². The Labute approximate surface area is 144 Å². The van der Waals surface area contributed by atoms with E-state index in [-0.39, 0.29) is 23.8 Å². The van der Waals surface area contributed by atoms with Crippen LogP contribution in [0.15, 0.2) is 54.9 Å². The summed E-state index contributed by atoms with van der Waals surface area (Å²) in [7, 11) is 0. The fraction of sp³-hybridized carbons (Fsp3) is 0.158. The fourth-order valence-electron chi connectivity index (χ4n) is 3.23. The lowest BCUT2D eigenvalue weighted by molar-refractivity contribution is 0.271. The van der Waals surface area contributed by atoms with Gasteiger partial charge >= 0.3 is 0 Å². The van der Waals surface area contributed by atoms with Gasteiger partial charge in [-0.1, -0.05) is 36.4 Å². The number of aliphatic hydroxyl groups is 1. The molecule has 0 spiro atoms. The van der Waals surface area contributed by atoms with Crippen LogP contribution in [0.1, 0.15) is 22.6 Å². The number of nitrogens with one attached hydrogen (secondary N) is 1. The van der Waals surface area contributed by atoms with Crippen molar-refractivity contribution in [3.05, 3.63) is 77.0 Å². The third-order valence-electron chi connectivity index (χ3n) is 4.36. The van der Waals surface area contributed by atoms with Crippen molar-refractivity contribution in [2.45, 2.75) is 12.5 Å². The summed E-state index contributed by atoms with van der Waals surface area (Å²) in [5.41, 5.74) is 2.79. The lowest BCUT2D eigenvalue weighted by Crippen LogP contribution is -2.30. The van der Waals surface area contributed by atoms with Gasteiger partial charge in [0.2, 0.25) is 5.88 Å². The molecule has 0 saturated heterocycles. The molecule has 25 heavy (non-hydrogen) atoms. The summed E-state index contributed by atoms with van der Waals surface area (Å²) in [5.74, 6) is 0.775. The van der Waals surface area contributed by atoms with E-state index in [4.69, 9.17) is 10.1 Å². The van der Waals surface area contributed by atoms with E-state index >= 15 is 0 Å². The molecule has 2 heterocycles. The van der Waals surface area contributed by atoms with Crippen LogP contribution in [-0.2, 0) is 6.54 Å². The molecule has 1 aromatic heterocycles. The number of fused-ring (bicyclic) bond motifs is 2. The van der Waals surface area contributed by atoms with Gasteiger partial charge in [-0.25, -0.2) is 4.98 Å². The summed E-state index contributed by atoms with van der Waals surface area (Å²) in [5, 5.41) is 27.6. The molecule has 0 aliphatic carbocycles. The lowest BCUT2D eigenvalue weighted by Gasteiger charge is -2.28. The molecule has 0 radical (unpaired) electrons. The quantitative estimate of drug-likeness (QED) is 0.536. The Hall–Kier alpha value is -3.12. The highest BCUT2D eigenvalue weighted by Gasteiger charge is 2.32. The Morgan fingerprint density at radius 3 is 2.72 bits per heavy atom. The maximum atomic E-state index is 9.79. The molecule has 4 rings (SSSR count).